The van der Waals surface area contributed by atoms with Gasteiger partial charge in [-0.1, -0.05) is 20.8 Å². The molecule has 0 amide bonds. The standard InChI is InChI=1S/C11H22N4/c1-6-11(3,7-2)9-12-8-13-10(14-9)15(4)5/h6-8H2,1-5H3,(H,12,13,14). The van der Waals surface area contributed by atoms with Crippen molar-refractivity contribution in [3.63, 3.8) is 0 Å². The minimum atomic E-state index is 0.150. The molecule has 1 aliphatic rings. The number of rotatable bonds is 3. The molecule has 86 valence electrons. The number of aliphatic imine (C=N–C) groups is 2. The summed E-state index contributed by atoms with van der Waals surface area (Å²) < 4.78 is 0. The van der Waals surface area contributed by atoms with Gasteiger partial charge in [0.1, 0.15) is 12.5 Å². The highest BCUT2D eigenvalue weighted by Crippen LogP contribution is 2.27. The number of hydrogen-bond acceptors (Lipinski definition) is 4. The highest BCUT2D eigenvalue weighted by atomic mass is 15.3. The molecule has 0 fully saturated rings. The van der Waals surface area contributed by atoms with Crippen molar-refractivity contribution in [3.05, 3.63) is 0 Å². The Balaban J connectivity index is 2.78. The maximum atomic E-state index is 4.47. The van der Waals surface area contributed by atoms with Crippen LogP contribution in [-0.2, 0) is 0 Å². The summed E-state index contributed by atoms with van der Waals surface area (Å²) in [6.45, 7) is 7.20. The summed E-state index contributed by atoms with van der Waals surface area (Å²) in [6.07, 6.45) is 2.19. The Morgan fingerprint density at radius 3 is 2.33 bits per heavy atom. The van der Waals surface area contributed by atoms with E-state index in [1.807, 2.05) is 19.0 Å². The van der Waals surface area contributed by atoms with E-state index in [1.165, 1.54) is 0 Å². The minimum absolute atomic E-state index is 0.150. The molecule has 1 aliphatic heterocycles. The quantitative estimate of drug-likeness (QED) is 0.770. The van der Waals surface area contributed by atoms with Gasteiger partial charge >= 0.3 is 0 Å². The van der Waals surface area contributed by atoms with E-state index in [9.17, 15) is 0 Å². The third-order valence-corrected chi connectivity index (χ3v) is 3.24. The molecule has 0 spiro atoms. The summed E-state index contributed by atoms with van der Waals surface area (Å²) in [6, 6.07) is 0. The predicted molar refractivity (Wildman–Crippen MR) is 65.2 cm³/mol. The van der Waals surface area contributed by atoms with Crippen molar-refractivity contribution in [1.29, 1.82) is 0 Å². The molecule has 1 heterocycles. The van der Waals surface area contributed by atoms with Crippen LogP contribution < -0.4 is 5.32 Å². The fourth-order valence-electron chi connectivity index (χ4n) is 1.54. The van der Waals surface area contributed by atoms with Crippen LogP contribution in [0, 0.1) is 5.41 Å². The molecule has 0 unspecified atom stereocenters. The summed E-state index contributed by atoms with van der Waals surface area (Å²) in [5.41, 5.74) is 0.150. The zero-order valence-electron chi connectivity index (χ0n) is 10.5. The van der Waals surface area contributed by atoms with Crippen LogP contribution in [0.4, 0.5) is 0 Å². The molecular formula is C11H22N4. The van der Waals surface area contributed by atoms with Crippen molar-refractivity contribution in [2.45, 2.75) is 33.6 Å². The Morgan fingerprint density at radius 1 is 1.27 bits per heavy atom. The second-order valence-corrected chi connectivity index (χ2v) is 4.42. The lowest BCUT2D eigenvalue weighted by Gasteiger charge is -2.32. The number of hydrogen-bond donors (Lipinski definition) is 1. The van der Waals surface area contributed by atoms with Gasteiger partial charge in [0.2, 0.25) is 5.96 Å². The smallest absolute Gasteiger partial charge is 0.200 e. The van der Waals surface area contributed by atoms with Gasteiger partial charge in [-0.05, 0) is 12.8 Å². The van der Waals surface area contributed by atoms with Gasteiger partial charge in [-0.25, -0.2) is 9.98 Å². The third kappa shape index (κ3) is 2.49. The number of nitrogens with one attached hydrogen (secondary N) is 1. The van der Waals surface area contributed by atoms with Gasteiger partial charge in [0.05, 0.1) is 0 Å². The average molecular weight is 210 g/mol. The summed E-state index contributed by atoms with van der Waals surface area (Å²) in [7, 11) is 3.98. The first-order chi connectivity index (χ1) is 7.03. The minimum Gasteiger partial charge on any atom is -0.349 e. The lowest BCUT2D eigenvalue weighted by Crippen LogP contribution is -2.48. The zero-order chi connectivity index (χ0) is 11.5. The Kier molecular flexibility index (Phi) is 3.72. The number of nitrogens with zero attached hydrogens (tertiary/aromatic N) is 3. The van der Waals surface area contributed by atoms with Gasteiger partial charge in [0.25, 0.3) is 0 Å². The SMILES string of the molecule is CCC(C)(CC)C1=NCN=C(N(C)C)N1. The Hall–Kier alpha value is -1.06. The number of guanidine groups is 1. The highest BCUT2D eigenvalue weighted by Gasteiger charge is 2.29. The first-order valence-corrected chi connectivity index (χ1v) is 5.57. The van der Waals surface area contributed by atoms with Crippen molar-refractivity contribution < 1.29 is 0 Å². The van der Waals surface area contributed by atoms with Gasteiger partial charge in [0.15, 0.2) is 0 Å². The Morgan fingerprint density at radius 2 is 1.87 bits per heavy atom. The van der Waals surface area contributed by atoms with Crippen LogP contribution in [0.2, 0.25) is 0 Å². The van der Waals surface area contributed by atoms with E-state index < -0.39 is 0 Å². The number of amidine groups is 1. The summed E-state index contributed by atoms with van der Waals surface area (Å²) in [5.74, 6) is 1.99. The summed E-state index contributed by atoms with van der Waals surface area (Å²) >= 11 is 0. The monoisotopic (exact) mass is 210 g/mol. The third-order valence-electron chi connectivity index (χ3n) is 3.24. The largest absolute Gasteiger partial charge is 0.349 e. The van der Waals surface area contributed by atoms with Crippen LogP contribution in [0.25, 0.3) is 0 Å². The first-order valence-electron chi connectivity index (χ1n) is 5.57. The molecule has 0 aromatic rings. The maximum absolute atomic E-state index is 4.47. The van der Waals surface area contributed by atoms with Crippen molar-refractivity contribution in [1.82, 2.24) is 10.2 Å². The fourth-order valence-corrected chi connectivity index (χ4v) is 1.54. The highest BCUT2D eigenvalue weighted by molar-refractivity contribution is 6.03. The fraction of sp³-hybridized carbons (Fsp3) is 0.818. The van der Waals surface area contributed by atoms with Gasteiger partial charge in [-0.2, -0.15) is 0 Å². The molecule has 0 bridgehead atoms. The zero-order valence-corrected chi connectivity index (χ0v) is 10.5. The molecule has 0 aromatic carbocycles. The maximum Gasteiger partial charge on any atom is 0.200 e. The predicted octanol–water partition coefficient (Wildman–Crippen LogP) is 1.69. The molecule has 0 aliphatic carbocycles. The molecule has 4 nitrogen and oxygen atoms in total. The van der Waals surface area contributed by atoms with E-state index >= 15 is 0 Å². The molecule has 0 saturated heterocycles. The topological polar surface area (TPSA) is 40.0 Å². The second kappa shape index (κ2) is 4.64. The van der Waals surface area contributed by atoms with Crippen molar-refractivity contribution in [3.8, 4) is 0 Å². The van der Waals surface area contributed by atoms with Crippen molar-refractivity contribution in [2.75, 3.05) is 20.8 Å². The van der Waals surface area contributed by atoms with Crippen LogP contribution in [0.1, 0.15) is 33.6 Å². The summed E-state index contributed by atoms with van der Waals surface area (Å²) in [5, 5.41) is 3.32. The molecule has 4 heteroatoms. The lowest BCUT2D eigenvalue weighted by molar-refractivity contribution is 0.419. The van der Waals surface area contributed by atoms with E-state index in [0.717, 1.165) is 24.6 Å². The van der Waals surface area contributed by atoms with Gasteiger partial charge in [-0.15, -0.1) is 0 Å². The Labute approximate surface area is 92.5 Å². The average Bonchev–Trinajstić information content (AvgIpc) is 2.28. The van der Waals surface area contributed by atoms with Crippen LogP contribution in [0.3, 0.4) is 0 Å². The molecule has 0 saturated carbocycles. The molecule has 0 aromatic heterocycles. The van der Waals surface area contributed by atoms with E-state index in [4.69, 9.17) is 0 Å². The van der Waals surface area contributed by atoms with Crippen molar-refractivity contribution in [2.24, 2.45) is 15.4 Å². The first kappa shape index (κ1) is 12.0. The van der Waals surface area contributed by atoms with Crippen LogP contribution in [-0.4, -0.2) is 37.5 Å². The van der Waals surface area contributed by atoms with Crippen molar-refractivity contribution >= 4 is 11.8 Å². The molecule has 0 radical (unpaired) electrons. The van der Waals surface area contributed by atoms with E-state index in [2.05, 4.69) is 36.1 Å². The van der Waals surface area contributed by atoms with Crippen LogP contribution in [0.15, 0.2) is 9.98 Å². The van der Waals surface area contributed by atoms with Gasteiger partial charge in [0, 0.05) is 19.5 Å². The Bertz CT molecular complexity index is 274. The molecular weight excluding hydrogens is 188 g/mol. The van der Waals surface area contributed by atoms with E-state index in [0.29, 0.717) is 6.67 Å². The van der Waals surface area contributed by atoms with Gasteiger partial charge in [-0.3, -0.25) is 0 Å². The molecule has 1 rings (SSSR count). The normalized spacial score (nSPS) is 16.6. The second-order valence-electron chi connectivity index (χ2n) is 4.42. The summed E-state index contributed by atoms with van der Waals surface area (Å²) in [4.78, 5) is 10.8. The van der Waals surface area contributed by atoms with Crippen LogP contribution in [0.5, 0.6) is 0 Å². The van der Waals surface area contributed by atoms with E-state index in [1.54, 1.807) is 0 Å². The molecule has 0 atom stereocenters. The van der Waals surface area contributed by atoms with Crippen LogP contribution >= 0.6 is 0 Å². The molecule has 15 heavy (non-hydrogen) atoms. The lowest BCUT2D eigenvalue weighted by atomic mass is 9.83. The molecule has 1 N–H and O–H groups in total. The van der Waals surface area contributed by atoms with E-state index in [-0.39, 0.29) is 5.41 Å². The van der Waals surface area contributed by atoms with Gasteiger partial charge < -0.3 is 10.2 Å².